The lowest BCUT2D eigenvalue weighted by Crippen LogP contribution is -2.49. The quantitative estimate of drug-likeness (QED) is 0.422. The van der Waals surface area contributed by atoms with E-state index in [2.05, 4.69) is 5.32 Å². The number of methoxy groups -OCH3 is 2. The van der Waals surface area contributed by atoms with Crippen molar-refractivity contribution in [3.8, 4) is 11.5 Å². The van der Waals surface area contributed by atoms with Gasteiger partial charge in [0.25, 0.3) is 0 Å². The van der Waals surface area contributed by atoms with Gasteiger partial charge < -0.3 is 19.7 Å². The molecule has 1 heterocycles. The van der Waals surface area contributed by atoms with Gasteiger partial charge in [-0.15, -0.1) is 0 Å². The summed E-state index contributed by atoms with van der Waals surface area (Å²) in [6.45, 7) is 3.74. The lowest BCUT2D eigenvalue weighted by Gasteiger charge is -2.36. The lowest BCUT2D eigenvalue weighted by atomic mass is 9.95. The molecule has 1 atom stereocenters. The molecule has 1 saturated heterocycles. The summed E-state index contributed by atoms with van der Waals surface area (Å²) in [5.74, 6) is 0.984. The van der Waals surface area contributed by atoms with Crippen molar-refractivity contribution in [3.63, 3.8) is 0 Å². The van der Waals surface area contributed by atoms with E-state index in [9.17, 15) is 9.59 Å². The molecule has 1 aliphatic rings. The Bertz CT molecular complexity index is 1180. The highest BCUT2D eigenvalue weighted by Gasteiger charge is 2.29. The van der Waals surface area contributed by atoms with Crippen molar-refractivity contribution in [2.45, 2.75) is 32.2 Å². The Labute approximate surface area is 212 Å². The van der Waals surface area contributed by atoms with Crippen molar-refractivity contribution >= 4 is 23.3 Å². The van der Waals surface area contributed by atoms with Crippen molar-refractivity contribution in [1.82, 2.24) is 4.90 Å². The third-order valence-electron chi connectivity index (χ3n) is 6.52. The van der Waals surface area contributed by atoms with E-state index in [1.807, 2.05) is 78.6 Å². The van der Waals surface area contributed by atoms with Crippen LogP contribution in [0.1, 0.15) is 36.8 Å². The van der Waals surface area contributed by atoms with Crippen LogP contribution in [0.4, 0.5) is 16.2 Å². The first-order chi connectivity index (χ1) is 17.5. The molecule has 0 aromatic heterocycles. The number of rotatable bonds is 9. The van der Waals surface area contributed by atoms with E-state index >= 15 is 0 Å². The number of carbonyl (C=O) groups is 2. The monoisotopic (exact) mass is 487 g/mol. The number of ether oxygens (including phenoxy) is 2. The van der Waals surface area contributed by atoms with Crippen LogP contribution in [0.3, 0.4) is 0 Å². The van der Waals surface area contributed by atoms with Crippen molar-refractivity contribution < 1.29 is 19.1 Å². The van der Waals surface area contributed by atoms with Crippen LogP contribution >= 0.6 is 0 Å². The number of amides is 3. The smallest absolute Gasteiger partial charge is 0.324 e. The number of benzene rings is 3. The maximum atomic E-state index is 13.5. The normalized spacial score (nSPS) is 14.4. The van der Waals surface area contributed by atoms with Crippen LogP contribution in [0, 0.1) is 0 Å². The maximum Gasteiger partial charge on any atom is 0.324 e. The Hall–Kier alpha value is -4.00. The van der Waals surface area contributed by atoms with Crippen molar-refractivity contribution in [1.29, 1.82) is 0 Å². The van der Waals surface area contributed by atoms with Gasteiger partial charge in [0, 0.05) is 25.7 Å². The summed E-state index contributed by atoms with van der Waals surface area (Å²) in [5.41, 5.74) is 3.22. The number of anilines is 2. The van der Waals surface area contributed by atoms with Gasteiger partial charge >= 0.3 is 6.03 Å². The zero-order valence-corrected chi connectivity index (χ0v) is 21.1. The molecule has 4 rings (SSSR count). The number of nitrogens with zero attached hydrogens (tertiary/aromatic N) is 2. The molecule has 0 saturated carbocycles. The van der Waals surface area contributed by atoms with Gasteiger partial charge in [0.1, 0.15) is 11.5 Å². The zero-order valence-electron chi connectivity index (χ0n) is 21.1. The Morgan fingerprint density at radius 3 is 2.31 bits per heavy atom. The summed E-state index contributed by atoms with van der Waals surface area (Å²) >= 11 is 0. The maximum absolute atomic E-state index is 13.5. The van der Waals surface area contributed by atoms with Gasteiger partial charge in [-0.1, -0.05) is 49.4 Å². The van der Waals surface area contributed by atoms with Gasteiger partial charge in [0.2, 0.25) is 5.91 Å². The van der Waals surface area contributed by atoms with Gasteiger partial charge in [-0.05, 0) is 48.2 Å². The molecule has 3 amide bonds. The van der Waals surface area contributed by atoms with Crippen molar-refractivity contribution in [2.24, 2.45) is 0 Å². The Kier molecular flexibility index (Phi) is 8.10. The summed E-state index contributed by atoms with van der Waals surface area (Å²) in [5, 5.41) is 3.08. The topological polar surface area (TPSA) is 71.1 Å². The molecular formula is C29H33N3O4. The molecule has 3 aromatic rings. The first-order valence-corrected chi connectivity index (χ1v) is 12.3. The van der Waals surface area contributed by atoms with E-state index in [0.29, 0.717) is 43.2 Å². The molecule has 1 aliphatic heterocycles. The minimum absolute atomic E-state index is 0.0900. The Balaban J connectivity index is 1.57. The standard InChI is InChI=1S/C29H33N3O4/c1-4-25(22-9-6-5-7-10-22)28(33)30-26-19-24(36-3)15-16-27(26)32-18-8-17-31(29(32)34)20-21-11-13-23(35-2)14-12-21/h5-7,9-16,19,25H,4,8,17-18,20H2,1-3H3,(H,30,33)/t25-/m1/s1. The van der Waals surface area contributed by atoms with E-state index in [4.69, 9.17) is 9.47 Å². The fourth-order valence-electron chi connectivity index (χ4n) is 4.56. The molecule has 0 aliphatic carbocycles. The van der Waals surface area contributed by atoms with E-state index in [-0.39, 0.29) is 17.9 Å². The second-order valence-corrected chi connectivity index (χ2v) is 8.80. The molecule has 0 radical (unpaired) electrons. The van der Waals surface area contributed by atoms with Crippen LogP contribution in [-0.2, 0) is 11.3 Å². The summed E-state index contributed by atoms with van der Waals surface area (Å²) in [4.78, 5) is 30.5. The molecule has 7 nitrogen and oxygen atoms in total. The third-order valence-corrected chi connectivity index (χ3v) is 6.52. The van der Waals surface area contributed by atoms with Gasteiger partial charge in [0.05, 0.1) is 31.5 Å². The largest absolute Gasteiger partial charge is 0.497 e. The molecule has 0 unspecified atom stereocenters. The van der Waals surface area contributed by atoms with E-state index in [1.165, 1.54) is 0 Å². The second kappa shape index (κ2) is 11.6. The third kappa shape index (κ3) is 5.62. The summed E-state index contributed by atoms with van der Waals surface area (Å²) < 4.78 is 10.7. The zero-order chi connectivity index (χ0) is 25.5. The second-order valence-electron chi connectivity index (χ2n) is 8.80. The minimum atomic E-state index is -0.297. The predicted octanol–water partition coefficient (Wildman–Crippen LogP) is 5.67. The van der Waals surface area contributed by atoms with Crippen molar-refractivity contribution in [2.75, 3.05) is 37.5 Å². The summed E-state index contributed by atoms with van der Waals surface area (Å²) in [6.07, 6.45) is 1.48. The fraction of sp³-hybridized carbons (Fsp3) is 0.310. The Morgan fingerprint density at radius 1 is 0.944 bits per heavy atom. The molecular weight excluding hydrogens is 454 g/mol. The average molecular weight is 488 g/mol. The van der Waals surface area contributed by atoms with Crippen LogP contribution in [-0.4, -0.2) is 44.1 Å². The van der Waals surface area contributed by atoms with Crippen LogP contribution in [0.15, 0.2) is 72.8 Å². The Morgan fingerprint density at radius 2 is 1.64 bits per heavy atom. The molecule has 7 heteroatoms. The molecule has 1 N–H and O–H groups in total. The van der Waals surface area contributed by atoms with Crippen LogP contribution in [0.25, 0.3) is 0 Å². The van der Waals surface area contributed by atoms with Crippen LogP contribution < -0.4 is 19.7 Å². The lowest BCUT2D eigenvalue weighted by molar-refractivity contribution is -0.117. The first kappa shape index (κ1) is 25.1. The van der Waals surface area contributed by atoms with E-state index in [1.54, 1.807) is 25.2 Å². The number of carbonyl (C=O) groups excluding carboxylic acids is 2. The minimum Gasteiger partial charge on any atom is -0.497 e. The molecule has 36 heavy (non-hydrogen) atoms. The van der Waals surface area contributed by atoms with Gasteiger partial charge in [0.15, 0.2) is 0 Å². The molecule has 3 aromatic carbocycles. The molecule has 1 fully saturated rings. The van der Waals surface area contributed by atoms with Gasteiger partial charge in [-0.25, -0.2) is 4.79 Å². The number of hydrogen-bond donors (Lipinski definition) is 1. The van der Waals surface area contributed by atoms with Gasteiger partial charge in [-0.2, -0.15) is 0 Å². The van der Waals surface area contributed by atoms with Crippen LogP contribution in [0.2, 0.25) is 0 Å². The van der Waals surface area contributed by atoms with Crippen molar-refractivity contribution in [3.05, 3.63) is 83.9 Å². The molecule has 0 bridgehead atoms. The first-order valence-electron chi connectivity index (χ1n) is 12.3. The van der Waals surface area contributed by atoms with Crippen LogP contribution in [0.5, 0.6) is 11.5 Å². The van der Waals surface area contributed by atoms with Gasteiger partial charge in [-0.3, -0.25) is 9.69 Å². The van der Waals surface area contributed by atoms with E-state index < -0.39 is 0 Å². The predicted molar refractivity (Wildman–Crippen MR) is 142 cm³/mol. The average Bonchev–Trinajstić information content (AvgIpc) is 2.91. The summed E-state index contributed by atoms with van der Waals surface area (Å²) in [6, 6.07) is 22.8. The summed E-state index contributed by atoms with van der Waals surface area (Å²) in [7, 11) is 3.22. The highest BCUT2D eigenvalue weighted by atomic mass is 16.5. The highest BCUT2D eigenvalue weighted by molar-refractivity contribution is 6.03. The molecule has 0 spiro atoms. The number of urea groups is 1. The molecule has 188 valence electrons. The number of nitrogens with one attached hydrogen (secondary N) is 1. The fourth-order valence-corrected chi connectivity index (χ4v) is 4.56. The SMILES string of the molecule is CC[C@@H](C(=O)Nc1cc(OC)ccc1N1CCCN(Cc2ccc(OC)cc2)C1=O)c1ccccc1. The van der Waals surface area contributed by atoms with E-state index in [0.717, 1.165) is 23.3 Å². The number of hydrogen-bond acceptors (Lipinski definition) is 4. The highest BCUT2D eigenvalue weighted by Crippen LogP contribution is 2.34.